The van der Waals surface area contributed by atoms with Crippen LogP contribution in [-0.4, -0.2) is 13.6 Å². The van der Waals surface area contributed by atoms with Crippen LogP contribution in [0, 0.1) is 5.41 Å². The fraction of sp³-hybridized carbons (Fsp3) is 0.800. The maximum absolute atomic E-state index is 3.11. The van der Waals surface area contributed by atoms with Gasteiger partial charge in [0.1, 0.15) is 0 Å². The molecule has 0 spiro atoms. The van der Waals surface area contributed by atoms with Crippen molar-refractivity contribution in [3.63, 3.8) is 0 Å². The van der Waals surface area contributed by atoms with Crippen LogP contribution in [0.2, 0.25) is 0 Å². The van der Waals surface area contributed by atoms with E-state index in [0.717, 1.165) is 13.0 Å². The van der Waals surface area contributed by atoms with Gasteiger partial charge in [-0.1, -0.05) is 32.9 Å². The van der Waals surface area contributed by atoms with E-state index >= 15 is 0 Å². The zero-order chi connectivity index (χ0) is 8.74. The molecular formula is C10H21N. The van der Waals surface area contributed by atoms with Crippen molar-refractivity contribution in [3.8, 4) is 0 Å². The van der Waals surface area contributed by atoms with E-state index in [1.165, 1.54) is 6.42 Å². The lowest BCUT2D eigenvalue weighted by Crippen LogP contribution is -2.06. The lowest BCUT2D eigenvalue weighted by atomic mass is 9.92. The van der Waals surface area contributed by atoms with E-state index < -0.39 is 0 Å². The maximum Gasteiger partial charge on any atom is -0.00173 e. The van der Waals surface area contributed by atoms with Crippen molar-refractivity contribution >= 4 is 0 Å². The van der Waals surface area contributed by atoms with Crippen LogP contribution in [0.25, 0.3) is 0 Å². The highest BCUT2D eigenvalue weighted by Gasteiger charge is 2.05. The van der Waals surface area contributed by atoms with Crippen LogP contribution < -0.4 is 5.32 Å². The van der Waals surface area contributed by atoms with Crippen LogP contribution in [0.3, 0.4) is 0 Å². The van der Waals surface area contributed by atoms with Crippen molar-refractivity contribution in [1.29, 1.82) is 0 Å². The molecular weight excluding hydrogens is 134 g/mol. The molecule has 0 saturated carbocycles. The summed E-state index contributed by atoms with van der Waals surface area (Å²) in [4.78, 5) is 0. The predicted molar refractivity (Wildman–Crippen MR) is 51.8 cm³/mol. The summed E-state index contributed by atoms with van der Waals surface area (Å²) in [5.74, 6) is 0. The molecule has 1 N–H and O–H groups in total. The standard InChI is InChI=1S/C10H21N/c1-10(2,3)8-6-5-7-9-11-4/h5-6,11H,7-9H2,1-4H3/b6-5-. The van der Waals surface area contributed by atoms with Gasteiger partial charge in [-0.05, 0) is 31.8 Å². The summed E-state index contributed by atoms with van der Waals surface area (Å²) in [7, 11) is 1.98. The molecule has 0 aromatic carbocycles. The normalized spacial score (nSPS) is 12.7. The number of nitrogens with one attached hydrogen (secondary N) is 1. The van der Waals surface area contributed by atoms with Gasteiger partial charge >= 0.3 is 0 Å². The smallest absolute Gasteiger partial charge is 0.00173 e. The molecule has 66 valence electrons. The Morgan fingerprint density at radius 3 is 2.27 bits per heavy atom. The minimum absolute atomic E-state index is 0.441. The highest BCUT2D eigenvalue weighted by Crippen LogP contribution is 2.18. The van der Waals surface area contributed by atoms with Crippen molar-refractivity contribution in [2.75, 3.05) is 13.6 Å². The quantitative estimate of drug-likeness (QED) is 0.486. The number of hydrogen-bond donors (Lipinski definition) is 1. The molecule has 11 heavy (non-hydrogen) atoms. The summed E-state index contributed by atoms with van der Waals surface area (Å²) in [5.41, 5.74) is 0.441. The molecule has 1 nitrogen and oxygen atoms in total. The minimum atomic E-state index is 0.441. The molecule has 0 aliphatic rings. The van der Waals surface area contributed by atoms with Gasteiger partial charge in [-0.25, -0.2) is 0 Å². The van der Waals surface area contributed by atoms with Crippen molar-refractivity contribution in [2.45, 2.75) is 33.6 Å². The molecule has 0 aromatic rings. The lowest BCUT2D eigenvalue weighted by Gasteiger charge is -2.14. The fourth-order valence-electron chi connectivity index (χ4n) is 0.782. The molecule has 0 aromatic heterocycles. The molecule has 1 heteroatoms. The number of rotatable bonds is 4. The van der Waals surface area contributed by atoms with Crippen molar-refractivity contribution < 1.29 is 0 Å². The Hall–Kier alpha value is -0.300. The zero-order valence-electron chi connectivity index (χ0n) is 8.28. The number of hydrogen-bond acceptors (Lipinski definition) is 1. The summed E-state index contributed by atoms with van der Waals surface area (Å²) < 4.78 is 0. The first-order valence-electron chi connectivity index (χ1n) is 4.36. The topological polar surface area (TPSA) is 12.0 Å². The van der Waals surface area contributed by atoms with E-state index in [4.69, 9.17) is 0 Å². The van der Waals surface area contributed by atoms with Gasteiger partial charge in [-0.2, -0.15) is 0 Å². The van der Waals surface area contributed by atoms with Crippen molar-refractivity contribution in [1.82, 2.24) is 5.32 Å². The summed E-state index contributed by atoms with van der Waals surface area (Å²) in [5, 5.41) is 3.11. The Morgan fingerprint density at radius 2 is 1.82 bits per heavy atom. The Kier molecular flexibility index (Phi) is 5.22. The van der Waals surface area contributed by atoms with Gasteiger partial charge in [-0.15, -0.1) is 0 Å². The third kappa shape index (κ3) is 9.70. The van der Waals surface area contributed by atoms with Crippen LogP contribution in [-0.2, 0) is 0 Å². The van der Waals surface area contributed by atoms with E-state index in [1.54, 1.807) is 0 Å². The van der Waals surface area contributed by atoms with Gasteiger partial charge in [0.25, 0.3) is 0 Å². The predicted octanol–water partition coefficient (Wildman–Crippen LogP) is 2.59. The van der Waals surface area contributed by atoms with Crippen molar-refractivity contribution in [2.24, 2.45) is 5.41 Å². The van der Waals surface area contributed by atoms with Crippen LogP contribution in [0.5, 0.6) is 0 Å². The zero-order valence-corrected chi connectivity index (χ0v) is 8.28. The van der Waals surface area contributed by atoms with E-state index in [1.807, 2.05) is 7.05 Å². The van der Waals surface area contributed by atoms with E-state index in [9.17, 15) is 0 Å². The van der Waals surface area contributed by atoms with E-state index in [2.05, 4.69) is 38.2 Å². The van der Waals surface area contributed by atoms with Crippen LogP contribution >= 0.6 is 0 Å². The van der Waals surface area contributed by atoms with Crippen LogP contribution in [0.15, 0.2) is 12.2 Å². The third-order valence-corrected chi connectivity index (χ3v) is 1.46. The number of allylic oxidation sites excluding steroid dienone is 1. The second kappa shape index (κ2) is 5.36. The highest BCUT2D eigenvalue weighted by atomic mass is 14.8. The Balaban J connectivity index is 3.30. The highest BCUT2D eigenvalue weighted by molar-refractivity contribution is 4.85. The SMILES string of the molecule is CNCC/C=C\CC(C)(C)C. The minimum Gasteiger partial charge on any atom is -0.319 e. The first-order chi connectivity index (χ1) is 5.06. The molecule has 0 rings (SSSR count). The summed E-state index contributed by atoms with van der Waals surface area (Å²) in [6.07, 6.45) is 6.85. The van der Waals surface area contributed by atoms with Gasteiger partial charge in [0.05, 0.1) is 0 Å². The van der Waals surface area contributed by atoms with Gasteiger partial charge in [0.2, 0.25) is 0 Å². The lowest BCUT2D eigenvalue weighted by molar-refractivity contribution is 0.420. The first kappa shape index (κ1) is 10.7. The van der Waals surface area contributed by atoms with Crippen LogP contribution in [0.1, 0.15) is 33.6 Å². The molecule has 0 fully saturated rings. The molecule has 0 saturated heterocycles. The summed E-state index contributed by atoms with van der Waals surface area (Å²) >= 11 is 0. The van der Waals surface area contributed by atoms with Gasteiger partial charge in [0.15, 0.2) is 0 Å². The Bertz CT molecular complexity index is 109. The second-order valence-corrected chi connectivity index (χ2v) is 4.13. The molecule has 0 heterocycles. The van der Waals surface area contributed by atoms with Gasteiger partial charge < -0.3 is 5.32 Å². The molecule has 0 bridgehead atoms. The maximum atomic E-state index is 3.11. The average molecular weight is 155 g/mol. The second-order valence-electron chi connectivity index (χ2n) is 4.13. The van der Waals surface area contributed by atoms with Crippen molar-refractivity contribution in [3.05, 3.63) is 12.2 Å². The molecule has 0 unspecified atom stereocenters. The Morgan fingerprint density at radius 1 is 1.18 bits per heavy atom. The third-order valence-electron chi connectivity index (χ3n) is 1.46. The summed E-state index contributed by atoms with van der Waals surface area (Å²) in [6, 6.07) is 0. The molecule has 0 aliphatic heterocycles. The molecule has 0 amide bonds. The average Bonchev–Trinajstić information content (AvgIpc) is 1.85. The first-order valence-corrected chi connectivity index (χ1v) is 4.36. The van der Waals surface area contributed by atoms with E-state index in [-0.39, 0.29) is 0 Å². The van der Waals surface area contributed by atoms with Gasteiger partial charge in [-0.3, -0.25) is 0 Å². The fourth-order valence-corrected chi connectivity index (χ4v) is 0.782. The molecule has 0 aliphatic carbocycles. The molecule has 0 atom stereocenters. The van der Waals surface area contributed by atoms with E-state index in [0.29, 0.717) is 5.41 Å². The van der Waals surface area contributed by atoms with Crippen LogP contribution in [0.4, 0.5) is 0 Å². The largest absolute Gasteiger partial charge is 0.319 e. The summed E-state index contributed by atoms with van der Waals surface area (Å²) in [6.45, 7) is 7.86. The molecule has 0 radical (unpaired) electrons. The Labute approximate surface area is 70.9 Å². The van der Waals surface area contributed by atoms with Gasteiger partial charge in [0, 0.05) is 0 Å². The monoisotopic (exact) mass is 155 g/mol.